The smallest absolute Gasteiger partial charge is 0.244 e. The minimum absolute atomic E-state index is 0.0434. The fourth-order valence-corrected chi connectivity index (χ4v) is 1.53. The highest BCUT2D eigenvalue weighted by atomic mass is 16.6. The van der Waals surface area contributed by atoms with Crippen molar-refractivity contribution in [2.24, 2.45) is 0 Å². The van der Waals surface area contributed by atoms with E-state index in [9.17, 15) is 15.0 Å². The van der Waals surface area contributed by atoms with Crippen LogP contribution in [0.1, 0.15) is 13.3 Å². The van der Waals surface area contributed by atoms with Gasteiger partial charge in [-0.15, -0.1) is 5.10 Å². The van der Waals surface area contributed by atoms with Crippen LogP contribution >= 0.6 is 0 Å². The molecule has 21 heavy (non-hydrogen) atoms. The van der Waals surface area contributed by atoms with Crippen LogP contribution in [0.5, 0.6) is 5.88 Å². The van der Waals surface area contributed by atoms with Crippen molar-refractivity contribution in [3.63, 3.8) is 0 Å². The number of nitrogens with one attached hydrogen (secondary N) is 1. The molecule has 1 unspecified atom stereocenters. The highest BCUT2D eigenvalue weighted by Crippen LogP contribution is 2.21. The van der Waals surface area contributed by atoms with Crippen molar-refractivity contribution in [2.45, 2.75) is 26.4 Å². The lowest BCUT2D eigenvalue weighted by molar-refractivity contribution is -0.135. The largest absolute Gasteiger partial charge is 0.492 e. The molecule has 0 aliphatic carbocycles. The summed E-state index contributed by atoms with van der Waals surface area (Å²) < 4.78 is 6.15. The number of nitrogens with zero attached hydrogens (tertiary/aromatic N) is 5. The number of hydrogen-bond donors (Lipinski definition) is 4. The van der Waals surface area contributed by atoms with Crippen molar-refractivity contribution in [1.82, 2.24) is 25.0 Å². The van der Waals surface area contributed by atoms with Crippen LogP contribution in [0.15, 0.2) is 0 Å². The fourth-order valence-electron chi connectivity index (χ4n) is 1.53. The molecule has 4 N–H and O–H groups in total. The van der Waals surface area contributed by atoms with E-state index in [2.05, 4.69) is 25.6 Å². The van der Waals surface area contributed by atoms with E-state index in [1.54, 1.807) is 0 Å². The van der Waals surface area contributed by atoms with E-state index in [1.165, 1.54) is 6.92 Å². The summed E-state index contributed by atoms with van der Waals surface area (Å²) in [5, 5.41) is 37.6. The molecule has 114 valence electrons. The Labute approximate surface area is 118 Å². The summed E-state index contributed by atoms with van der Waals surface area (Å²) in [6, 6.07) is 0. The van der Waals surface area contributed by atoms with Gasteiger partial charge in [-0.3, -0.25) is 10.1 Å². The minimum Gasteiger partial charge on any atom is -0.492 e. The number of aliphatic hydroxyl groups excluding tert-OH is 2. The molecule has 2 rings (SSSR count). The maximum Gasteiger partial charge on any atom is 0.244 e. The van der Waals surface area contributed by atoms with Gasteiger partial charge in [0.2, 0.25) is 23.4 Å². The molecule has 0 saturated heterocycles. The average molecular weight is 298 g/mol. The minimum atomic E-state index is -1.17. The van der Waals surface area contributed by atoms with Crippen molar-refractivity contribution in [1.29, 1.82) is 0 Å². The highest BCUT2D eigenvalue weighted by Gasteiger charge is 2.16. The number of amides is 1. The number of carbonyl (C=O) groups excluding carboxylic acids is 1. The second-order valence-corrected chi connectivity index (χ2v) is 4.08. The van der Waals surface area contributed by atoms with E-state index in [0.717, 1.165) is 4.68 Å². The molecular weight excluding hydrogens is 284 g/mol. The van der Waals surface area contributed by atoms with Crippen LogP contribution in [-0.2, 0) is 16.3 Å². The van der Waals surface area contributed by atoms with Gasteiger partial charge in [-0.2, -0.15) is 9.97 Å². The lowest BCUT2D eigenvalue weighted by Gasteiger charge is -2.10. The number of hydrogen-bond acceptors (Lipinski definition) is 9. The third-order valence-electron chi connectivity index (χ3n) is 2.41. The van der Waals surface area contributed by atoms with Gasteiger partial charge < -0.3 is 20.1 Å². The molecule has 0 spiro atoms. The quantitative estimate of drug-likeness (QED) is 0.469. The first-order valence-electron chi connectivity index (χ1n) is 5.99. The Hall–Kier alpha value is -2.37. The molecule has 0 aliphatic rings. The van der Waals surface area contributed by atoms with Gasteiger partial charge in [0, 0.05) is 20.0 Å². The maximum atomic E-state index is 10.9. The van der Waals surface area contributed by atoms with Crippen molar-refractivity contribution >= 4 is 23.0 Å². The first-order valence-corrected chi connectivity index (χ1v) is 5.99. The van der Waals surface area contributed by atoms with Crippen LogP contribution in [0.2, 0.25) is 0 Å². The predicted molar refractivity (Wildman–Crippen MR) is 67.9 cm³/mol. The second-order valence-electron chi connectivity index (χ2n) is 4.08. The van der Waals surface area contributed by atoms with Gasteiger partial charge in [0.1, 0.15) is 6.73 Å². The SMILES string of the molecule is CC(=O)Nc1nc(O)c2c(nnn2COC(O)CCO)n1. The molecule has 2 aromatic heterocycles. The van der Waals surface area contributed by atoms with E-state index in [1.807, 2.05) is 0 Å². The van der Waals surface area contributed by atoms with E-state index in [-0.39, 0.29) is 36.9 Å². The monoisotopic (exact) mass is 298 g/mol. The lowest BCUT2D eigenvalue weighted by atomic mass is 10.4. The zero-order chi connectivity index (χ0) is 15.4. The van der Waals surface area contributed by atoms with Crippen LogP contribution in [0.25, 0.3) is 11.2 Å². The Balaban J connectivity index is 2.21. The fraction of sp³-hybridized carbons (Fsp3) is 0.500. The Morgan fingerprint density at radius 3 is 2.90 bits per heavy atom. The Bertz CT molecular complexity index is 644. The number of anilines is 1. The lowest BCUT2D eigenvalue weighted by Crippen LogP contribution is -2.17. The van der Waals surface area contributed by atoms with Crippen LogP contribution < -0.4 is 5.32 Å². The first kappa shape index (κ1) is 15.0. The van der Waals surface area contributed by atoms with Gasteiger partial charge in [0.25, 0.3) is 0 Å². The van der Waals surface area contributed by atoms with Gasteiger partial charge in [-0.05, 0) is 0 Å². The first-order chi connectivity index (χ1) is 10.0. The molecular formula is C10H14N6O5. The number of aromatic nitrogens is 5. The number of aromatic hydroxyl groups is 1. The predicted octanol–water partition coefficient (Wildman–Crippen LogP) is -1.44. The number of fused-ring (bicyclic) bond motifs is 1. The number of ether oxygens (including phenoxy) is 1. The van der Waals surface area contributed by atoms with E-state index in [0.29, 0.717) is 0 Å². The standard InChI is InChI=1S/C10H14N6O5/c1-5(18)11-10-12-8-7(9(20)13-10)16(15-14-8)4-21-6(19)2-3-17/h6,17,19H,2-4H2,1H3,(H2,11,12,13,18,20). The van der Waals surface area contributed by atoms with Gasteiger partial charge in [-0.25, -0.2) is 4.68 Å². The normalized spacial score (nSPS) is 12.5. The summed E-state index contributed by atoms with van der Waals surface area (Å²) in [7, 11) is 0. The molecule has 1 amide bonds. The molecule has 2 aromatic rings. The zero-order valence-corrected chi connectivity index (χ0v) is 11.1. The molecule has 0 saturated carbocycles. The molecule has 0 bridgehead atoms. The molecule has 11 heteroatoms. The summed E-state index contributed by atoms with van der Waals surface area (Å²) in [5.41, 5.74) is 0.159. The van der Waals surface area contributed by atoms with Crippen molar-refractivity contribution in [3.8, 4) is 5.88 Å². The Morgan fingerprint density at radius 2 is 2.24 bits per heavy atom. The van der Waals surface area contributed by atoms with Crippen LogP contribution in [0, 0.1) is 0 Å². The molecule has 11 nitrogen and oxygen atoms in total. The Kier molecular flexibility index (Phi) is 4.57. The number of rotatable bonds is 6. The van der Waals surface area contributed by atoms with Gasteiger partial charge in [0.15, 0.2) is 11.8 Å². The molecule has 0 fully saturated rings. The average Bonchev–Trinajstić information content (AvgIpc) is 2.79. The Morgan fingerprint density at radius 1 is 1.48 bits per heavy atom. The zero-order valence-electron chi connectivity index (χ0n) is 11.1. The van der Waals surface area contributed by atoms with Crippen LogP contribution in [-0.4, -0.2) is 59.1 Å². The van der Waals surface area contributed by atoms with E-state index >= 15 is 0 Å². The number of aliphatic hydroxyl groups is 2. The third-order valence-corrected chi connectivity index (χ3v) is 2.41. The van der Waals surface area contributed by atoms with E-state index < -0.39 is 18.1 Å². The molecule has 0 radical (unpaired) electrons. The molecule has 0 aromatic carbocycles. The summed E-state index contributed by atoms with van der Waals surface area (Å²) in [4.78, 5) is 18.5. The van der Waals surface area contributed by atoms with Gasteiger partial charge in [0.05, 0.1) is 0 Å². The summed E-state index contributed by atoms with van der Waals surface area (Å²) in [6.45, 7) is 0.833. The van der Waals surface area contributed by atoms with Crippen LogP contribution in [0.4, 0.5) is 5.95 Å². The van der Waals surface area contributed by atoms with Crippen molar-refractivity contribution < 1.29 is 24.9 Å². The topological polar surface area (TPSA) is 156 Å². The molecule has 0 aliphatic heterocycles. The van der Waals surface area contributed by atoms with Crippen molar-refractivity contribution in [3.05, 3.63) is 0 Å². The maximum absolute atomic E-state index is 10.9. The van der Waals surface area contributed by atoms with Gasteiger partial charge >= 0.3 is 0 Å². The molecule has 2 heterocycles. The number of carbonyl (C=O) groups is 1. The summed E-state index contributed by atoms with van der Waals surface area (Å²) >= 11 is 0. The van der Waals surface area contributed by atoms with Crippen molar-refractivity contribution in [2.75, 3.05) is 11.9 Å². The van der Waals surface area contributed by atoms with Crippen LogP contribution in [0.3, 0.4) is 0 Å². The van der Waals surface area contributed by atoms with E-state index in [4.69, 9.17) is 9.84 Å². The third kappa shape index (κ3) is 3.59. The summed E-state index contributed by atoms with van der Waals surface area (Å²) in [6.07, 6.45) is -1.13. The second kappa shape index (κ2) is 6.39. The summed E-state index contributed by atoms with van der Waals surface area (Å²) in [5.74, 6) is -0.925. The molecule has 1 atom stereocenters. The van der Waals surface area contributed by atoms with Gasteiger partial charge in [-0.1, -0.05) is 5.21 Å². The highest BCUT2D eigenvalue weighted by molar-refractivity contribution is 5.88.